The first-order chi connectivity index (χ1) is 8.58. The van der Waals surface area contributed by atoms with Gasteiger partial charge in [-0.1, -0.05) is 0 Å². The van der Waals surface area contributed by atoms with Crippen molar-refractivity contribution in [2.45, 2.75) is 58.3 Å². The van der Waals surface area contributed by atoms with E-state index in [1.165, 1.54) is 13.2 Å². The van der Waals surface area contributed by atoms with Crippen LogP contribution in [0.5, 0.6) is 0 Å². The summed E-state index contributed by atoms with van der Waals surface area (Å²) in [6.45, 7) is 8.84. The number of methoxy groups -OCH3 is 1. The predicted molar refractivity (Wildman–Crippen MR) is 69.5 cm³/mol. The van der Waals surface area contributed by atoms with Crippen molar-refractivity contribution in [3.8, 4) is 0 Å². The van der Waals surface area contributed by atoms with Crippen molar-refractivity contribution in [2.75, 3.05) is 7.11 Å². The van der Waals surface area contributed by atoms with Crippen molar-refractivity contribution < 1.29 is 23.8 Å². The fourth-order valence-corrected chi connectivity index (χ4v) is 1.98. The van der Waals surface area contributed by atoms with E-state index in [4.69, 9.17) is 9.47 Å². The Morgan fingerprint density at radius 2 is 2.00 bits per heavy atom. The van der Waals surface area contributed by atoms with Gasteiger partial charge in [0, 0.05) is 6.08 Å². The van der Waals surface area contributed by atoms with Crippen LogP contribution in [0.2, 0.25) is 0 Å². The molecule has 0 aromatic carbocycles. The lowest BCUT2D eigenvalue weighted by Crippen LogP contribution is -2.42. The Balaban J connectivity index is 3.02. The zero-order valence-electron chi connectivity index (χ0n) is 12.4. The van der Waals surface area contributed by atoms with E-state index in [2.05, 4.69) is 4.74 Å². The number of carbonyl (C=O) groups is 2. The van der Waals surface area contributed by atoms with E-state index in [9.17, 15) is 9.59 Å². The number of ether oxygens (including phenoxy) is 3. The Morgan fingerprint density at radius 1 is 1.42 bits per heavy atom. The highest BCUT2D eigenvalue weighted by molar-refractivity contribution is 5.89. The van der Waals surface area contributed by atoms with Crippen molar-refractivity contribution in [2.24, 2.45) is 0 Å². The largest absolute Gasteiger partial charge is 0.466 e. The minimum absolute atomic E-state index is 0.145. The zero-order valence-corrected chi connectivity index (χ0v) is 12.4. The van der Waals surface area contributed by atoms with E-state index in [0.717, 1.165) is 0 Å². The normalized spacial score (nSPS) is 29.4. The van der Waals surface area contributed by atoms with E-state index in [-0.39, 0.29) is 6.10 Å². The monoisotopic (exact) mass is 270 g/mol. The molecule has 0 N–H and O–H groups in total. The summed E-state index contributed by atoms with van der Waals surface area (Å²) in [4.78, 5) is 23.6. The summed E-state index contributed by atoms with van der Waals surface area (Å²) in [5, 5.41) is 0. The van der Waals surface area contributed by atoms with E-state index in [0.29, 0.717) is 12.0 Å². The van der Waals surface area contributed by atoms with Gasteiger partial charge in [0.05, 0.1) is 13.2 Å². The van der Waals surface area contributed by atoms with Crippen LogP contribution in [0.4, 0.5) is 0 Å². The smallest absolute Gasteiger partial charge is 0.343 e. The maximum absolute atomic E-state index is 12.3. The highest BCUT2D eigenvalue weighted by atomic mass is 16.6. The van der Waals surface area contributed by atoms with Crippen LogP contribution in [0.25, 0.3) is 0 Å². The first-order valence-electron chi connectivity index (χ1n) is 6.29. The molecule has 1 aliphatic heterocycles. The molecule has 0 aliphatic carbocycles. The van der Waals surface area contributed by atoms with Crippen LogP contribution in [0, 0.1) is 0 Å². The van der Waals surface area contributed by atoms with Crippen molar-refractivity contribution in [1.82, 2.24) is 0 Å². The number of esters is 2. The van der Waals surface area contributed by atoms with E-state index >= 15 is 0 Å². The Kier molecular flexibility index (Phi) is 4.40. The fraction of sp³-hybridized carbons (Fsp3) is 0.714. The first-order valence-corrected chi connectivity index (χ1v) is 6.29. The molecule has 1 fully saturated rings. The Morgan fingerprint density at radius 3 is 2.47 bits per heavy atom. The molecule has 0 spiro atoms. The summed E-state index contributed by atoms with van der Waals surface area (Å²) in [7, 11) is 1.30. The number of carbonyl (C=O) groups excluding carboxylic acids is 2. The SMILES string of the molecule is COC(=O)C=C1CC(C)OC1(C)C(=O)OC(C)(C)C. The molecule has 2 atom stereocenters. The zero-order chi connectivity index (χ0) is 14.8. The summed E-state index contributed by atoms with van der Waals surface area (Å²) >= 11 is 0. The molecule has 0 bridgehead atoms. The van der Waals surface area contributed by atoms with E-state index in [1.54, 1.807) is 27.7 Å². The van der Waals surface area contributed by atoms with Crippen molar-refractivity contribution in [3.05, 3.63) is 11.6 Å². The molecule has 0 amide bonds. The lowest BCUT2D eigenvalue weighted by molar-refractivity contribution is -0.176. The second-order valence-corrected chi connectivity index (χ2v) is 5.86. The Hall–Kier alpha value is -1.36. The summed E-state index contributed by atoms with van der Waals surface area (Å²) in [5.41, 5.74) is -1.24. The molecular weight excluding hydrogens is 248 g/mol. The van der Waals surface area contributed by atoms with Gasteiger partial charge >= 0.3 is 11.9 Å². The van der Waals surface area contributed by atoms with Crippen LogP contribution in [0.1, 0.15) is 41.0 Å². The molecule has 0 saturated carbocycles. The minimum atomic E-state index is -1.22. The third-order valence-corrected chi connectivity index (χ3v) is 2.84. The molecule has 2 unspecified atom stereocenters. The highest BCUT2D eigenvalue weighted by Crippen LogP contribution is 2.37. The lowest BCUT2D eigenvalue weighted by Gasteiger charge is -2.29. The maximum Gasteiger partial charge on any atom is 0.343 e. The number of hydrogen-bond acceptors (Lipinski definition) is 5. The second-order valence-electron chi connectivity index (χ2n) is 5.86. The fourth-order valence-electron chi connectivity index (χ4n) is 1.98. The molecule has 19 heavy (non-hydrogen) atoms. The van der Waals surface area contributed by atoms with Crippen LogP contribution >= 0.6 is 0 Å². The summed E-state index contributed by atoms with van der Waals surface area (Å²) in [5.74, 6) is -0.984. The van der Waals surface area contributed by atoms with Gasteiger partial charge in [0.25, 0.3) is 0 Å². The van der Waals surface area contributed by atoms with Crippen LogP contribution in [-0.4, -0.2) is 36.4 Å². The quantitative estimate of drug-likeness (QED) is 0.567. The number of hydrogen-bond donors (Lipinski definition) is 0. The molecule has 5 heteroatoms. The van der Waals surface area contributed by atoms with Gasteiger partial charge < -0.3 is 14.2 Å². The average Bonchev–Trinajstić information content (AvgIpc) is 2.52. The Labute approximate surface area is 113 Å². The van der Waals surface area contributed by atoms with Crippen molar-refractivity contribution in [1.29, 1.82) is 0 Å². The maximum atomic E-state index is 12.3. The van der Waals surface area contributed by atoms with Gasteiger partial charge in [-0.15, -0.1) is 0 Å². The molecule has 0 aromatic heterocycles. The van der Waals surface area contributed by atoms with Gasteiger partial charge in [-0.05, 0) is 46.6 Å². The molecule has 1 aliphatic rings. The van der Waals surface area contributed by atoms with Crippen LogP contribution in [0.15, 0.2) is 11.6 Å². The van der Waals surface area contributed by atoms with Crippen LogP contribution < -0.4 is 0 Å². The van der Waals surface area contributed by atoms with Crippen molar-refractivity contribution in [3.63, 3.8) is 0 Å². The van der Waals surface area contributed by atoms with E-state index < -0.39 is 23.1 Å². The standard InChI is InChI=1S/C14H22O5/c1-9-7-10(8-11(15)17-6)14(5,18-9)12(16)19-13(2,3)4/h8-9H,7H2,1-6H3. The van der Waals surface area contributed by atoms with Crippen LogP contribution in [0.3, 0.4) is 0 Å². The Bertz CT molecular complexity index is 405. The minimum Gasteiger partial charge on any atom is -0.466 e. The molecule has 0 radical (unpaired) electrons. The first kappa shape index (κ1) is 15.7. The van der Waals surface area contributed by atoms with Crippen molar-refractivity contribution >= 4 is 11.9 Å². The summed E-state index contributed by atoms with van der Waals surface area (Å²) in [6.07, 6.45) is 1.67. The number of rotatable bonds is 2. The molecule has 1 heterocycles. The van der Waals surface area contributed by atoms with Gasteiger partial charge in [-0.3, -0.25) is 0 Å². The van der Waals surface area contributed by atoms with Gasteiger partial charge in [0.2, 0.25) is 0 Å². The van der Waals surface area contributed by atoms with Gasteiger partial charge in [0.15, 0.2) is 5.60 Å². The second kappa shape index (κ2) is 5.33. The van der Waals surface area contributed by atoms with Gasteiger partial charge in [0.1, 0.15) is 5.60 Å². The highest BCUT2D eigenvalue weighted by Gasteiger charge is 2.48. The molecule has 108 valence electrons. The molecular formula is C14H22O5. The van der Waals surface area contributed by atoms with Crippen LogP contribution in [-0.2, 0) is 23.8 Å². The average molecular weight is 270 g/mol. The van der Waals surface area contributed by atoms with E-state index in [1.807, 2.05) is 6.92 Å². The molecule has 1 saturated heterocycles. The molecule has 0 aromatic rings. The third kappa shape index (κ3) is 3.80. The summed E-state index contributed by atoms with van der Waals surface area (Å²) in [6, 6.07) is 0. The van der Waals surface area contributed by atoms with Gasteiger partial charge in [-0.25, -0.2) is 9.59 Å². The molecule has 5 nitrogen and oxygen atoms in total. The molecule has 1 rings (SSSR count). The third-order valence-electron chi connectivity index (χ3n) is 2.84. The summed E-state index contributed by atoms with van der Waals surface area (Å²) < 4.78 is 15.6. The topological polar surface area (TPSA) is 61.8 Å². The lowest BCUT2D eigenvalue weighted by atomic mass is 9.94. The van der Waals surface area contributed by atoms with Gasteiger partial charge in [-0.2, -0.15) is 0 Å². The predicted octanol–water partition coefficient (Wildman–Crippen LogP) is 1.99.